The van der Waals surface area contributed by atoms with Crippen LogP contribution in [0.2, 0.25) is 0 Å². The van der Waals surface area contributed by atoms with Crippen molar-refractivity contribution in [1.29, 1.82) is 0 Å². The Kier molecular flexibility index (Phi) is 3.51. The zero-order valence-electron chi connectivity index (χ0n) is 10.1. The Balaban J connectivity index is 2.02. The van der Waals surface area contributed by atoms with Crippen LogP contribution in [0.25, 0.3) is 0 Å². The van der Waals surface area contributed by atoms with Gasteiger partial charge in [0.1, 0.15) is 12.2 Å². The van der Waals surface area contributed by atoms with E-state index >= 15 is 0 Å². The minimum atomic E-state index is -0.536. The number of ether oxygens (including phenoxy) is 3. The van der Waals surface area contributed by atoms with Gasteiger partial charge in [-0.1, -0.05) is 0 Å². The molecule has 2 rings (SSSR count). The van der Waals surface area contributed by atoms with E-state index in [-0.39, 0.29) is 31.0 Å². The minimum Gasteiger partial charge on any atom is -0.394 e. The summed E-state index contributed by atoms with van der Waals surface area (Å²) in [6, 6.07) is 0.260. The molecule has 0 aromatic carbocycles. The number of hydrogen-bond donors (Lipinski definition) is 2. The standard InChI is InChI=1S/C11H21NO4/c1-11(2)15-9-7(12-3)6-8(10(9)16-11)14-5-4-13/h7-10,12-13H,4-6H2,1-3H3/t7?,8-,9-,10+/m0/s1. The fraction of sp³-hybridized carbons (Fsp3) is 1.00. The van der Waals surface area contributed by atoms with Gasteiger partial charge in [0, 0.05) is 6.04 Å². The summed E-state index contributed by atoms with van der Waals surface area (Å²) in [6.07, 6.45) is 0.890. The second-order valence-electron chi connectivity index (χ2n) is 4.83. The summed E-state index contributed by atoms with van der Waals surface area (Å²) in [5, 5.41) is 12.0. The molecule has 0 spiro atoms. The van der Waals surface area contributed by atoms with Crippen LogP contribution in [0.4, 0.5) is 0 Å². The molecule has 2 aliphatic rings. The van der Waals surface area contributed by atoms with Crippen molar-refractivity contribution in [2.24, 2.45) is 0 Å². The highest BCUT2D eigenvalue weighted by molar-refractivity contribution is 5.02. The quantitative estimate of drug-likeness (QED) is 0.706. The zero-order chi connectivity index (χ0) is 11.8. The zero-order valence-corrected chi connectivity index (χ0v) is 10.1. The van der Waals surface area contributed by atoms with E-state index in [0.717, 1.165) is 6.42 Å². The Morgan fingerprint density at radius 2 is 2.06 bits per heavy atom. The van der Waals surface area contributed by atoms with Gasteiger partial charge < -0.3 is 24.6 Å². The second kappa shape index (κ2) is 4.58. The average Bonchev–Trinajstić information content (AvgIpc) is 2.69. The topological polar surface area (TPSA) is 60.0 Å². The molecule has 5 heteroatoms. The highest BCUT2D eigenvalue weighted by Crippen LogP contribution is 2.39. The van der Waals surface area contributed by atoms with Crippen molar-refractivity contribution in [3.63, 3.8) is 0 Å². The molecule has 1 saturated heterocycles. The van der Waals surface area contributed by atoms with Crippen molar-refractivity contribution in [2.75, 3.05) is 20.3 Å². The van der Waals surface area contributed by atoms with Crippen molar-refractivity contribution in [1.82, 2.24) is 5.32 Å². The smallest absolute Gasteiger partial charge is 0.163 e. The van der Waals surface area contributed by atoms with Gasteiger partial charge in [0.15, 0.2) is 5.79 Å². The lowest BCUT2D eigenvalue weighted by atomic mass is 10.2. The summed E-state index contributed by atoms with van der Waals surface area (Å²) in [7, 11) is 1.92. The maximum atomic E-state index is 8.78. The van der Waals surface area contributed by atoms with Crippen molar-refractivity contribution in [2.45, 2.75) is 50.4 Å². The van der Waals surface area contributed by atoms with E-state index in [4.69, 9.17) is 19.3 Å². The Morgan fingerprint density at radius 3 is 2.69 bits per heavy atom. The molecule has 0 aromatic heterocycles. The SMILES string of the molecule is CNC1C[C@H](OCCO)[C@H]2OC(C)(C)O[C@@H]12. The van der Waals surface area contributed by atoms with E-state index in [1.54, 1.807) is 0 Å². The fourth-order valence-electron chi connectivity index (χ4n) is 2.58. The Bertz CT molecular complexity index is 246. The van der Waals surface area contributed by atoms with E-state index < -0.39 is 5.79 Å². The highest BCUT2D eigenvalue weighted by Gasteiger charge is 2.54. The van der Waals surface area contributed by atoms with Crippen molar-refractivity contribution in [3.05, 3.63) is 0 Å². The summed E-state index contributed by atoms with van der Waals surface area (Å²) in [5.41, 5.74) is 0. The number of rotatable bonds is 4. The molecule has 1 aliphatic carbocycles. The van der Waals surface area contributed by atoms with Gasteiger partial charge in [-0.2, -0.15) is 0 Å². The van der Waals surface area contributed by atoms with Gasteiger partial charge in [-0.3, -0.25) is 0 Å². The summed E-state index contributed by atoms with van der Waals surface area (Å²) < 4.78 is 17.3. The summed E-state index contributed by atoms with van der Waals surface area (Å²) in [6.45, 7) is 4.23. The summed E-state index contributed by atoms with van der Waals surface area (Å²) in [5.74, 6) is -0.536. The van der Waals surface area contributed by atoms with Crippen LogP contribution in [0.1, 0.15) is 20.3 Å². The fourth-order valence-corrected chi connectivity index (χ4v) is 2.58. The number of nitrogens with one attached hydrogen (secondary N) is 1. The van der Waals surface area contributed by atoms with Gasteiger partial charge in [0.2, 0.25) is 0 Å². The molecule has 0 bridgehead atoms. The molecule has 4 atom stereocenters. The maximum absolute atomic E-state index is 8.78. The van der Waals surface area contributed by atoms with Gasteiger partial charge in [-0.15, -0.1) is 0 Å². The average molecular weight is 231 g/mol. The normalized spacial score (nSPS) is 41.2. The Hall–Kier alpha value is -0.200. The molecule has 0 radical (unpaired) electrons. The van der Waals surface area contributed by atoms with E-state index in [2.05, 4.69) is 5.32 Å². The molecule has 16 heavy (non-hydrogen) atoms. The predicted molar refractivity (Wildman–Crippen MR) is 58.1 cm³/mol. The van der Waals surface area contributed by atoms with E-state index in [0.29, 0.717) is 6.61 Å². The number of likely N-dealkylation sites (N-methyl/N-ethyl adjacent to an activating group) is 1. The minimum absolute atomic E-state index is 0.0105. The molecule has 0 aromatic rings. The van der Waals surface area contributed by atoms with Gasteiger partial charge in [-0.25, -0.2) is 0 Å². The maximum Gasteiger partial charge on any atom is 0.163 e. The molecular weight excluding hydrogens is 210 g/mol. The van der Waals surface area contributed by atoms with Crippen LogP contribution < -0.4 is 5.32 Å². The third-order valence-electron chi connectivity index (χ3n) is 3.21. The van der Waals surface area contributed by atoms with Crippen LogP contribution in [0.3, 0.4) is 0 Å². The van der Waals surface area contributed by atoms with Crippen LogP contribution in [0, 0.1) is 0 Å². The number of aliphatic hydroxyl groups is 1. The lowest BCUT2D eigenvalue weighted by molar-refractivity contribution is -0.169. The Labute approximate surface area is 96.1 Å². The summed E-state index contributed by atoms with van der Waals surface area (Å²) >= 11 is 0. The van der Waals surface area contributed by atoms with E-state index in [9.17, 15) is 0 Å². The van der Waals surface area contributed by atoms with E-state index in [1.807, 2.05) is 20.9 Å². The molecule has 2 fully saturated rings. The molecule has 5 nitrogen and oxygen atoms in total. The number of fused-ring (bicyclic) bond motifs is 1. The first kappa shape index (κ1) is 12.3. The monoisotopic (exact) mass is 231 g/mol. The molecule has 2 N–H and O–H groups in total. The second-order valence-corrected chi connectivity index (χ2v) is 4.83. The number of aliphatic hydroxyl groups excluding tert-OH is 1. The Morgan fingerprint density at radius 1 is 1.38 bits per heavy atom. The van der Waals surface area contributed by atoms with Crippen LogP contribution in [0.15, 0.2) is 0 Å². The van der Waals surface area contributed by atoms with Crippen molar-refractivity contribution < 1.29 is 19.3 Å². The molecule has 94 valence electrons. The van der Waals surface area contributed by atoms with Crippen LogP contribution in [0.5, 0.6) is 0 Å². The van der Waals surface area contributed by atoms with Crippen molar-refractivity contribution >= 4 is 0 Å². The lowest BCUT2D eigenvalue weighted by Crippen LogP contribution is -2.37. The first-order valence-electron chi connectivity index (χ1n) is 5.83. The lowest BCUT2D eigenvalue weighted by Gasteiger charge is -2.23. The third-order valence-corrected chi connectivity index (χ3v) is 3.21. The van der Waals surface area contributed by atoms with Gasteiger partial charge >= 0.3 is 0 Å². The number of hydrogen-bond acceptors (Lipinski definition) is 5. The third kappa shape index (κ3) is 2.24. The van der Waals surface area contributed by atoms with E-state index in [1.165, 1.54) is 0 Å². The molecule has 0 amide bonds. The van der Waals surface area contributed by atoms with Gasteiger partial charge in [-0.05, 0) is 27.3 Å². The highest BCUT2D eigenvalue weighted by atomic mass is 16.8. The van der Waals surface area contributed by atoms with Crippen LogP contribution in [-0.4, -0.2) is 55.5 Å². The summed E-state index contributed by atoms with van der Waals surface area (Å²) in [4.78, 5) is 0. The molecule has 1 unspecified atom stereocenters. The van der Waals surface area contributed by atoms with Crippen LogP contribution in [-0.2, 0) is 14.2 Å². The molecule has 1 saturated carbocycles. The molecular formula is C11H21NO4. The van der Waals surface area contributed by atoms with Gasteiger partial charge in [0.05, 0.1) is 19.3 Å². The van der Waals surface area contributed by atoms with Gasteiger partial charge in [0.25, 0.3) is 0 Å². The first-order valence-corrected chi connectivity index (χ1v) is 5.83. The molecule has 1 aliphatic heterocycles. The molecule has 1 heterocycles. The predicted octanol–water partition coefficient (Wildman–Crippen LogP) is -0.124. The largest absolute Gasteiger partial charge is 0.394 e. The first-order chi connectivity index (χ1) is 7.57. The van der Waals surface area contributed by atoms with Crippen molar-refractivity contribution in [3.8, 4) is 0 Å². The van der Waals surface area contributed by atoms with Crippen LogP contribution >= 0.6 is 0 Å².